The maximum absolute atomic E-state index is 11.8. The maximum atomic E-state index is 11.8. The van der Waals surface area contributed by atoms with Crippen molar-refractivity contribution in [3.8, 4) is 0 Å². The van der Waals surface area contributed by atoms with Gasteiger partial charge in [-0.05, 0) is 38.2 Å². The molecule has 1 aliphatic carbocycles. The van der Waals surface area contributed by atoms with Crippen LogP contribution in [0.15, 0.2) is 11.6 Å². The number of carbonyl (C=O) groups is 1. The average molecular weight is 196 g/mol. The van der Waals surface area contributed by atoms with Gasteiger partial charge in [0.2, 0.25) is 0 Å². The fraction of sp³-hybridized carbons (Fsp3) is 0.750. The molecular weight excluding hydrogens is 176 g/mol. The molecule has 0 bridgehead atoms. The van der Waals surface area contributed by atoms with Crippen molar-refractivity contribution in [2.24, 2.45) is 0 Å². The lowest BCUT2D eigenvalue weighted by Gasteiger charge is -2.09. The van der Waals surface area contributed by atoms with E-state index in [1.165, 1.54) is 19.3 Å². The van der Waals surface area contributed by atoms with E-state index >= 15 is 0 Å². The Morgan fingerprint density at radius 3 is 3.00 bits per heavy atom. The van der Waals surface area contributed by atoms with Gasteiger partial charge in [0.05, 0.1) is 6.10 Å². The second-order valence-electron chi connectivity index (χ2n) is 4.00. The molecule has 2 nitrogen and oxygen atoms in total. The van der Waals surface area contributed by atoms with Gasteiger partial charge in [-0.15, -0.1) is 0 Å². The van der Waals surface area contributed by atoms with E-state index in [1.807, 2.05) is 6.92 Å². The molecule has 14 heavy (non-hydrogen) atoms. The van der Waals surface area contributed by atoms with Gasteiger partial charge in [-0.25, -0.2) is 0 Å². The van der Waals surface area contributed by atoms with Crippen LogP contribution in [0.25, 0.3) is 0 Å². The minimum absolute atomic E-state index is 0.0478. The second kappa shape index (κ2) is 5.97. The van der Waals surface area contributed by atoms with Crippen LogP contribution in [0.2, 0.25) is 0 Å². The highest BCUT2D eigenvalue weighted by Crippen LogP contribution is 2.19. The molecule has 2 heteroatoms. The molecule has 0 N–H and O–H groups in total. The molecule has 1 rings (SSSR count). The van der Waals surface area contributed by atoms with Gasteiger partial charge < -0.3 is 4.74 Å². The van der Waals surface area contributed by atoms with E-state index in [0.29, 0.717) is 6.42 Å². The SMILES string of the molecule is COC(C)CC(=O)C1=CCCCCC1. The Balaban J connectivity index is 2.45. The molecule has 0 saturated carbocycles. The zero-order chi connectivity index (χ0) is 10.4. The molecule has 0 radical (unpaired) electrons. The number of ether oxygens (including phenoxy) is 1. The molecule has 1 atom stereocenters. The molecule has 0 fully saturated rings. The Labute approximate surface area is 86.3 Å². The number of methoxy groups -OCH3 is 1. The summed E-state index contributed by atoms with van der Waals surface area (Å²) in [5, 5.41) is 0. The van der Waals surface area contributed by atoms with Crippen LogP contribution in [0.4, 0.5) is 0 Å². The fourth-order valence-corrected chi connectivity index (χ4v) is 1.74. The standard InChI is InChI=1S/C12H20O2/c1-10(14-2)9-12(13)11-7-5-3-4-6-8-11/h7,10H,3-6,8-9H2,1-2H3. The number of hydrogen-bond donors (Lipinski definition) is 0. The quantitative estimate of drug-likeness (QED) is 0.691. The van der Waals surface area contributed by atoms with Crippen molar-refractivity contribution in [3.63, 3.8) is 0 Å². The third kappa shape index (κ3) is 3.62. The lowest BCUT2D eigenvalue weighted by molar-refractivity contribution is -0.117. The Morgan fingerprint density at radius 1 is 1.50 bits per heavy atom. The van der Waals surface area contributed by atoms with E-state index in [0.717, 1.165) is 18.4 Å². The monoisotopic (exact) mass is 196 g/mol. The van der Waals surface area contributed by atoms with Crippen LogP contribution in [-0.2, 0) is 9.53 Å². The molecule has 1 aliphatic rings. The van der Waals surface area contributed by atoms with Crippen LogP contribution in [0.3, 0.4) is 0 Å². The highest BCUT2D eigenvalue weighted by Gasteiger charge is 2.14. The number of carbonyl (C=O) groups excluding carboxylic acids is 1. The lowest BCUT2D eigenvalue weighted by atomic mass is 10.0. The van der Waals surface area contributed by atoms with E-state index in [4.69, 9.17) is 4.74 Å². The van der Waals surface area contributed by atoms with Crippen molar-refractivity contribution >= 4 is 5.78 Å². The number of Topliss-reactive ketones (excluding diaryl/α,β-unsaturated/α-hetero) is 1. The van der Waals surface area contributed by atoms with Crippen molar-refractivity contribution in [1.29, 1.82) is 0 Å². The molecular formula is C12H20O2. The number of allylic oxidation sites excluding steroid dienone is 2. The van der Waals surface area contributed by atoms with Crippen molar-refractivity contribution in [2.75, 3.05) is 7.11 Å². The minimum Gasteiger partial charge on any atom is -0.381 e. The summed E-state index contributed by atoms with van der Waals surface area (Å²) >= 11 is 0. The Bertz CT molecular complexity index is 218. The topological polar surface area (TPSA) is 26.3 Å². The molecule has 0 heterocycles. The summed E-state index contributed by atoms with van der Waals surface area (Å²) in [6.07, 6.45) is 8.40. The lowest BCUT2D eigenvalue weighted by Crippen LogP contribution is -2.13. The zero-order valence-corrected chi connectivity index (χ0v) is 9.21. The second-order valence-corrected chi connectivity index (χ2v) is 4.00. The Kier molecular flexibility index (Phi) is 4.88. The van der Waals surface area contributed by atoms with E-state index in [9.17, 15) is 4.79 Å². The fourth-order valence-electron chi connectivity index (χ4n) is 1.74. The number of ketones is 1. The predicted molar refractivity (Wildman–Crippen MR) is 57.3 cm³/mol. The van der Waals surface area contributed by atoms with Crippen LogP contribution in [-0.4, -0.2) is 19.0 Å². The summed E-state index contributed by atoms with van der Waals surface area (Å²) in [6.45, 7) is 1.94. The Hall–Kier alpha value is -0.630. The summed E-state index contributed by atoms with van der Waals surface area (Å²) in [5.41, 5.74) is 1.03. The summed E-state index contributed by atoms with van der Waals surface area (Å²) in [4.78, 5) is 11.8. The molecule has 80 valence electrons. The van der Waals surface area contributed by atoms with E-state index in [1.54, 1.807) is 7.11 Å². The van der Waals surface area contributed by atoms with Gasteiger partial charge in [-0.2, -0.15) is 0 Å². The highest BCUT2D eigenvalue weighted by atomic mass is 16.5. The smallest absolute Gasteiger partial charge is 0.161 e. The van der Waals surface area contributed by atoms with Crippen molar-refractivity contribution in [2.45, 2.75) is 51.6 Å². The first-order chi connectivity index (χ1) is 6.74. The van der Waals surface area contributed by atoms with Gasteiger partial charge in [0.25, 0.3) is 0 Å². The van der Waals surface area contributed by atoms with Crippen LogP contribution < -0.4 is 0 Å². The maximum Gasteiger partial charge on any atom is 0.161 e. The average Bonchev–Trinajstić information content (AvgIpc) is 2.45. The molecule has 0 aliphatic heterocycles. The third-order valence-corrected chi connectivity index (χ3v) is 2.77. The zero-order valence-electron chi connectivity index (χ0n) is 9.21. The van der Waals surface area contributed by atoms with Crippen molar-refractivity contribution < 1.29 is 9.53 Å². The summed E-state index contributed by atoms with van der Waals surface area (Å²) in [6, 6.07) is 0. The van der Waals surface area contributed by atoms with Gasteiger partial charge >= 0.3 is 0 Å². The normalized spacial score (nSPS) is 19.7. The van der Waals surface area contributed by atoms with Crippen LogP contribution >= 0.6 is 0 Å². The molecule has 0 spiro atoms. The van der Waals surface area contributed by atoms with Crippen LogP contribution in [0, 0.1) is 0 Å². The first-order valence-corrected chi connectivity index (χ1v) is 5.49. The Morgan fingerprint density at radius 2 is 2.29 bits per heavy atom. The molecule has 0 aromatic rings. The number of rotatable bonds is 4. The molecule has 0 amide bonds. The first kappa shape index (κ1) is 11.4. The van der Waals surface area contributed by atoms with Crippen LogP contribution in [0.5, 0.6) is 0 Å². The van der Waals surface area contributed by atoms with Gasteiger partial charge in [0.1, 0.15) is 0 Å². The van der Waals surface area contributed by atoms with E-state index < -0.39 is 0 Å². The molecule has 0 saturated heterocycles. The van der Waals surface area contributed by atoms with Crippen LogP contribution in [0.1, 0.15) is 45.4 Å². The van der Waals surface area contributed by atoms with Gasteiger partial charge in [0.15, 0.2) is 5.78 Å². The van der Waals surface area contributed by atoms with Crippen molar-refractivity contribution in [3.05, 3.63) is 11.6 Å². The largest absolute Gasteiger partial charge is 0.381 e. The van der Waals surface area contributed by atoms with Gasteiger partial charge in [-0.3, -0.25) is 4.79 Å². The molecule has 1 unspecified atom stereocenters. The van der Waals surface area contributed by atoms with E-state index in [2.05, 4.69) is 6.08 Å². The number of hydrogen-bond acceptors (Lipinski definition) is 2. The summed E-state index contributed by atoms with van der Waals surface area (Å²) in [7, 11) is 1.65. The van der Waals surface area contributed by atoms with Crippen molar-refractivity contribution in [1.82, 2.24) is 0 Å². The highest BCUT2D eigenvalue weighted by molar-refractivity contribution is 5.95. The first-order valence-electron chi connectivity index (χ1n) is 5.49. The minimum atomic E-state index is 0.0478. The predicted octanol–water partition coefficient (Wildman–Crippen LogP) is 2.87. The van der Waals surface area contributed by atoms with E-state index in [-0.39, 0.29) is 11.9 Å². The third-order valence-electron chi connectivity index (χ3n) is 2.77. The van der Waals surface area contributed by atoms with Gasteiger partial charge in [-0.1, -0.05) is 12.5 Å². The van der Waals surface area contributed by atoms with Gasteiger partial charge in [0, 0.05) is 13.5 Å². The molecule has 0 aromatic carbocycles. The summed E-state index contributed by atoms with van der Waals surface area (Å²) < 4.78 is 5.09. The summed E-state index contributed by atoms with van der Waals surface area (Å²) in [5.74, 6) is 0.279. The molecule has 0 aromatic heterocycles.